The van der Waals surface area contributed by atoms with Crippen molar-refractivity contribution in [3.05, 3.63) is 52.8 Å². The average Bonchev–Trinajstić information content (AvgIpc) is 3.15. The molecule has 9 rings (SSSR count). The molecule has 2 fully saturated rings. The molecule has 3 heteroatoms. The maximum absolute atomic E-state index is 5.47. The number of fused-ring (bicyclic) bond motifs is 3. The van der Waals surface area contributed by atoms with Crippen LogP contribution in [0.3, 0.4) is 0 Å². The second-order valence-electron chi connectivity index (χ2n) is 14.5. The van der Waals surface area contributed by atoms with Gasteiger partial charge >= 0.3 is 0 Å². The van der Waals surface area contributed by atoms with Crippen molar-refractivity contribution in [1.29, 1.82) is 0 Å². The normalized spacial score (nSPS) is 29.1. The molecular weight excluding hydrogens is 462 g/mol. The van der Waals surface area contributed by atoms with Crippen LogP contribution in [0.25, 0.3) is 27.6 Å². The Bertz CT molecular complexity index is 1610. The van der Waals surface area contributed by atoms with Gasteiger partial charge in [0.05, 0.1) is 10.9 Å². The van der Waals surface area contributed by atoms with Crippen LogP contribution in [0.5, 0.6) is 0 Å². The fourth-order valence-electron chi connectivity index (χ4n) is 10.2. The molecule has 198 valence electrons. The van der Waals surface area contributed by atoms with Crippen LogP contribution in [0, 0.1) is 11.8 Å². The van der Waals surface area contributed by atoms with Gasteiger partial charge in [-0.3, -0.25) is 0 Å². The molecule has 0 spiro atoms. The summed E-state index contributed by atoms with van der Waals surface area (Å²) in [6.07, 6.45) is 10.6. The van der Waals surface area contributed by atoms with Gasteiger partial charge in [-0.15, -0.1) is 0 Å². The molecule has 0 amide bonds. The lowest BCUT2D eigenvalue weighted by atomic mass is 9.67. The standard InChI is InChI=1S/C35H44N3/c1-7-27-24-11-10-12-28-31(24)32-37(33(36-28)34(4,5)6)29-18-25-22-14-20-13-21(15-22)17-23(16-20)26(25)19-30(29)38(32)35(27,8-2)9-3/h10-12,18-23,27H,7-9,13-17H2,1-6H3/q+1. The predicted molar refractivity (Wildman–Crippen MR) is 156 cm³/mol. The van der Waals surface area contributed by atoms with Crippen LogP contribution in [0.4, 0.5) is 0 Å². The van der Waals surface area contributed by atoms with Gasteiger partial charge in [0, 0.05) is 11.3 Å². The quantitative estimate of drug-likeness (QED) is 0.255. The molecule has 38 heavy (non-hydrogen) atoms. The second-order valence-corrected chi connectivity index (χ2v) is 14.5. The monoisotopic (exact) mass is 506 g/mol. The molecule has 3 unspecified atom stereocenters. The van der Waals surface area contributed by atoms with E-state index in [1.807, 2.05) is 0 Å². The molecule has 4 aromatic rings. The van der Waals surface area contributed by atoms with E-state index in [4.69, 9.17) is 4.98 Å². The Balaban J connectivity index is 1.60. The number of hydrogen-bond acceptors (Lipinski definition) is 1. The van der Waals surface area contributed by atoms with Crippen LogP contribution in [0.15, 0.2) is 30.3 Å². The number of hydrogen-bond donors (Lipinski definition) is 0. The van der Waals surface area contributed by atoms with Gasteiger partial charge in [-0.05, 0) is 110 Å². The highest BCUT2D eigenvalue weighted by atomic mass is 15.2. The van der Waals surface area contributed by atoms with E-state index in [9.17, 15) is 0 Å². The minimum Gasteiger partial charge on any atom is -0.216 e. The number of imidazole rings is 1. The van der Waals surface area contributed by atoms with Crippen LogP contribution in [-0.2, 0) is 11.0 Å². The Morgan fingerprint density at radius 1 is 0.895 bits per heavy atom. The minimum absolute atomic E-state index is 0.0546. The molecule has 3 nitrogen and oxygen atoms in total. The fraction of sp³-hybridized carbons (Fsp3) is 0.600. The zero-order valence-corrected chi connectivity index (χ0v) is 24.3. The van der Waals surface area contributed by atoms with Crippen molar-refractivity contribution in [2.24, 2.45) is 11.8 Å². The summed E-state index contributed by atoms with van der Waals surface area (Å²) in [5.74, 6) is 5.11. The molecular formula is C35H44N3+. The van der Waals surface area contributed by atoms with Crippen LogP contribution in [-0.4, -0.2) is 9.38 Å². The van der Waals surface area contributed by atoms with Gasteiger partial charge in [0.1, 0.15) is 5.54 Å². The van der Waals surface area contributed by atoms with Crippen LogP contribution >= 0.6 is 0 Å². The van der Waals surface area contributed by atoms with Crippen molar-refractivity contribution in [1.82, 2.24) is 9.38 Å². The maximum atomic E-state index is 5.47. The second kappa shape index (κ2) is 7.61. The lowest BCUT2D eigenvalue weighted by Gasteiger charge is -2.40. The molecule has 4 aliphatic carbocycles. The molecule has 1 aliphatic heterocycles. The first kappa shape index (κ1) is 23.5. The highest BCUT2D eigenvalue weighted by Crippen LogP contribution is 2.57. The van der Waals surface area contributed by atoms with E-state index < -0.39 is 0 Å². The van der Waals surface area contributed by atoms with Crippen molar-refractivity contribution in [3.63, 3.8) is 0 Å². The lowest BCUT2D eigenvalue weighted by Crippen LogP contribution is -2.60. The topological polar surface area (TPSA) is 21.2 Å². The first-order chi connectivity index (χ1) is 18.3. The van der Waals surface area contributed by atoms with Crippen molar-refractivity contribution in [3.8, 4) is 0 Å². The number of aromatic nitrogens is 3. The summed E-state index contributed by atoms with van der Waals surface area (Å²) in [7, 11) is 0. The summed E-state index contributed by atoms with van der Waals surface area (Å²) in [6.45, 7) is 14.3. The van der Waals surface area contributed by atoms with Crippen molar-refractivity contribution >= 4 is 27.6 Å². The summed E-state index contributed by atoms with van der Waals surface area (Å²) >= 11 is 0. The van der Waals surface area contributed by atoms with Crippen molar-refractivity contribution in [2.75, 3.05) is 0 Å². The summed E-state index contributed by atoms with van der Waals surface area (Å²) in [4.78, 5) is 5.47. The highest BCUT2D eigenvalue weighted by molar-refractivity contribution is 5.97. The van der Waals surface area contributed by atoms with Crippen molar-refractivity contribution < 1.29 is 4.57 Å². The Morgan fingerprint density at radius 3 is 2.16 bits per heavy atom. The Kier molecular flexibility index (Phi) is 4.70. The van der Waals surface area contributed by atoms with E-state index in [1.54, 1.807) is 11.1 Å². The number of benzene rings is 2. The highest BCUT2D eigenvalue weighted by Gasteiger charge is 2.51. The summed E-state index contributed by atoms with van der Waals surface area (Å²) in [5, 5.41) is 1.40. The van der Waals surface area contributed by atoms with E-state index in [-0.39, 0.29) is 11.0 Å². The summed E-state index contributed by atoms with van der Waals surface area (Å²) in [5.41, 5.74) is 10.4. The van der Waals surface area contributed by atoms with Gasteiger partial charge < -0.3 is 0 Å². The number of nitrogens with zero attached hydrogens (tertiary/aromatic N) is 3. The van der Waals surface area contributed by atoms with Crippen molar-refractivity contribution in [2.45, 2.75) is 122 Å². The van der Waals surface area contributed by atoms with E-state index in [1.165, 1.54) is 71.1 Å². The van der Waals surface area contributed by atoms with Gasteiger partial charge in [0.25, 0.3) is 5.65 Å². The van der Waals surface area contributed by atoms with E-state index in [0.717, 1.165) is 42.9 Å². The summed E-state index contributed by atoms with van der Waals surface area (Å²) < 4.78 is 5.49. The van der Waals surface area contributed by atoms with E-state index in [0.29, 0.717) is 5.92 Å². The molecule has 2 aromatic heterocycles. The third-order valence-corrected chi connectivity index (χ3v) is 11.6. The molecule has 2 saturated carbocycles. The van der Waals surface area contributed by atoms with E-state index >= 15 is 0 Å². The molecule has 4 bridgehead atoms. The van der Waals surface area contributed by atoms with Crippen LogP contribution in [0.2, 0.25) is 0 Å². The van der Waals surface area contributed by atoms with Crippen LogP contribution < -0.4 is 4.57 Å². The minimum atomic E-state index is -0.0546. The average molecular weight is 507 g/mol. The maximum Gasteiger partial charge on any atom is 0.299 e. The van der Waals surface area contributed by atoms with Gasteiger partial charge in [-0.25, -0.2) is 9.55 Å². The SMILES string of the molecule is CCC1c2cccc3nc(C(C)(C)C)n4c5cc6c(cc5[n+](c4c23)C1(CC)CC)C1CC2CC(CC6C2)C1. The molecule has 2 aromatic carbocycles. The lowest BCUT2D eigenvalue weighted by molar-refractivity contribution is -0.726. The molecule has 3 heterocycles. The summed E-state index contributed by atoms with van der Waals surface area (Å²) in [6, 6.07) is 12.3. The Hall–Kier alpha value is -2.42. The van der Waals surface area contributed by atoms with Gasteiger partial charge in [0.2, 0.25) is 5.82 Å². The first-order valence-corrected chi connectivity index (χ1v) is 15.7. The molecule has 0 saturated heterocycles. The van der Waals surface area contributed by atoms with Crippen LogP contribution in [0.1, 0.15) is 133 Å². The van der Waals surface area contributed by atoms with Gasteiger partial charge in [-0.2, -0.15) is 4.40 Å². The third-order valence-electron chi connectivity index (χ3n) is 11.6. The fourth-order valence-corrected chi connectivity index (χ4v) is 10.2. The zero-order valence-electron chi connectivity index (χ0n) is 24.3. The Labute approximate surface area is 227 Å². The predicted octanol–water partition coefficient (Wildman–Crippen LogP) is 8.64. The molecule has 5 aliphatic rings. The number of rotatable bonds is 3. The third kappa shape index (κ3) is 2.76. The molecule has 0 N–H and O–H groups in total. The Morgan fingerprint density at radius 2 is 1.55 bits per heavy atom. The first-order valence-electron chi connectivity index (χ1n) is 15.7. The molecule has 0 radical (unpaired) electrons. The van der Waals surface area contributed by atoms with E-state index in [2.05, 4.69) is 80.8 Å². The van der Waals surface area contributed by atoms with Gasteiger partial charge in [0.15, 0.2) is 11.0 Å². The largest absolute Gasteiger partial charge is 0.299 e. The zero-order chi connectivity index (χ0) is 26.1. The smallest absolute Gasteiger partial charge is 0.216 e. The van der Waals surface area contributed by atoms with Gasteiger partial charge in [-0.1, -0.05) is 53.7 Å². The molecule has 3 atom stereocenters.